The number of carbonyl (C=O) groups is 1. The minimum Gasteiger partial charge on any atom is -0.490 e. The summed E-state index contributed by atoms with van der Waals surface area (Å²) in [4.78, 5) is 43.8. The van der Waals surface area contributed by atoms with Crippen LogP contribution in [0.5, 0.6) is 17.2 Å². The number of nitro benzene ring substituents is 2. The van der Waals surface area contributed by atoms with Gasteiger partial charge in [0.2, 0.25) is 5.75 Å². The van der Waals surface area contributed by atoms with Gasteiger partial charge < -0.3 is 19.6 Å². The molecule has 1 N–H and O–H groups in total. The minimum absolute atomic E-state index is 0.125. The number of nitro groups is 3. The normalized spacial score (nSPS) is 10.8. The molecule has 0 saturated carbocycles. The lowest BCUT2D eigenvalue weighted by atomic mass is 10.1. The van der Waals surface area contributed by atoms with Crippen LogP contribution in [-0.2, 0) is 6.54 Å². The molecule has 0 aliphatic carbocycles. The molecule has 0 aliphatic rings. The van der Waals surface area contributed by atoms with Crippen molar-refractivity contribution in [2.24, 2.45) is 5.10 Å². The van der Waals surface area contributed by atoms with Gasteiger partial charge in [0.15, 0.2) is 11.5 Å². The van der Waals surface area contributed by atoms with Crippen molar-refractivity contribution in [1.29, 1.82) is 0 Å². The van der Waals surface area contributed by atoms with E-state index in [9.17, 15) is 35.1 Å². The molecule has 0 spiro atoms. The van der Waals surface area contributed by atoms with Gasteiger partial charge in [0.25, 0.3) is 11.6 Å². The van der Waals surface area contributed by atoms with Crippen LogP contribution in [0.15, 0.2) is 71.8 Å². The third-order valence-corrected chi connectivity index (χ3v) is 5.92. The number of aryl methyl sites for hydroxylation is 1. The number of amides is 1. The maximum absolute atomic E-state index is 12.6. The second-order valence-corrected chi connectivity index (χ2v) is 8.86. The number of hydrazone groups is 1. The first-order valence-corrected chi connectivity index (χ1v) is 12.5. The van der Waals surface area contributed by atoms with E-state index >= 15 is 0 Å². The van der Waals surface area contributed by atoms with Crippen LogP contribution in [0.1, 0.15) is 34.1 Å². The summed E-state index contributed by atoms with van der Waals surface area (Å²) in [7, 11) is 0. The molecular weight excluding hydrogens is 566 g/mol. The van der Waals surface area contributed by atoms with E-state index in [2.05, 4.69) is 15.6 Å². The average molecular weight is 590 g/mol. The summed E-state index contributed by atoms with van der Waals surface area (Å²) in [6.45, 7) is 3.97. The van der Waals surface area contributed by atoms with Gasteiger partial charge in [-0.1, -0.05) is 12.1 Å². The first-order valence-electron chi connectivity index (χ1n) is 12.5. The monoisotopic (exact) mass is 589 g/mol. The first kappa shape index (κ1) is 29.8. The molecular formula is C27H23N7O9. The van der Waals surface area contributed by atoms with Crippen molar-refractivity contribution in [2.75, 3.05) is 6.61 Å². The topological polar surface area (TPSA) is 207 Å². The highest BCUT2D eigenvalue weighted by atomic mass is 16.6. The fraction of sp³-hybridized carbons (Fsp3) is 0.148. The van der Waals surface area contributed by atoms with Crippen LogP contribution < -0.4 is 14.9 Å². The third-order valence-electron chi connectivity index (χ3n) is 5.92. The van der Waals surface area contributed by atoms with E-state index in [0.717, 1.165) is 23.8 Å². The van der Waals surface area contributed by atoms with Crippen molar-refractivity contribution in [1.82, 2.24) is 15.2 Å². The van der Waals surface area contributed by atoms with Crippen molar-refractivity contribution < 1.29 is 29.0 Å². The maximum atomic E-state index is 12.6. The van der Waals surface area contributed by atoms with Crippen molar-refractivity contribution in [3.63, 3.8) is 0 Å². The molecule has 43 heavy (non-hydrogen) atoms. The number of benzene rings is 3. The standard InChI is InChI=1S/C27H23N7O9/c1-3-42-25-13-19(6-10-24(25)43-23-11-9-21(32(36)37)14-22(23)33(38)39)15-28-29-27(35)20-7-4-18(5-8-20)16-31-17(2)12-26(30-31)34(40)41/h4-15H,3,16H2,1-2H3,(H,29,35)/b28-15+. The first-order chi connectivity index (χ1) is 20.5. The van der Waals surface area contributed by atoms with Crippen molar-refractivity contribution in [2.45, 2.75) is 20.4 Å². The second kappa shape index (κ2) is 13.0. The molecule has 0 bridgehead atoms. The largest absolute Gasteiger partial charge is 0.490 e. The Bertz CT molecular complexity index is 1730. The van der Waals surface area contributed by atoms with Gasteiger partial charge in [0, 0.05) is 11.6 Å². The van der Waals surface area contributed by atoms with E-state index in [4.69, 9.17) is 9.47 Å². The number of carbonyl (C=O) groups excluding carboxylic acids is 1. The molecule has 0 saturated heterocycles. The van der Waals surface area contributed by atoms with Crippen LogP contribution in [0, 0.1) is 37.3 Å². The van der Waals surface area contributed by atoms with E-state index in [1.807, 2.05) is 0 Å². The third kappa shape index (κ3) is 7.31. The van der Waals surface area contributed by atoms with E-state index < -0.39 is 32.1 Å². The summed E-state index contributed by atoms with van der Waals surface area (Å²) in [5.41, 5.74) is 3.63. The lowest BCUT2D eigenvalue weighted by molar-refractivity contribution is -0.394. The SMILES string of the molecule is CCOc1cc(/C=N/NC(=O)c2ccc(Cn3nc([N+](=O)[O-])cc3C)cc2)ccc1Oc1ccc([N+](=O)[O-])cc1[N+](=O)[O-]. The van der Waals surface area contributed by atoms with E-state index in [1.54, 1.807) is 50.2 Å². The van der Waals surface area contributed by atoms with Crippen LogP contribution >= 0.6 is 0 Å². The number of aromatic nitrogens is 2. The zero-order valence-corrected chi connectivity index (χ0v) is 22.7. The Hall–Kier alpha value is -6.19. The molecule has 4 aromatic rings. The number of hydrogen-bond acceptors (Lipinski definition) is 11. The highest BCUT2D eigenvalue weighted by Crippen LogP contribution is 2.38. The van der Waals surface area contributed by atoms with Gasteiger partial charge in [0.1, 0.15) is 0 Å². The molecule has 0 atom stereocenters. The maximum Gasteiger partial charge on any atom is 0.390 e. The highest BCUT2D eigenvalue weighted by Gasteiger charge is 2.22. The molecule has 1 amide bonds. The smallest absolute Gasteiger partial charge is 0.390 e. The Morgan fingerprint density at radius 2 is 1.65 bits per heavy atom. The number of rotatable bonds is 12. The van der Waals surface area contributed by atoms with Crippen LogP contribution in [-0.4, -0.2) is 43.3 Å². The summed E-state index contributed by atoms with van der Waals surface area (Å²) in [5, 5.41) is 41.3. The Morgan fingerprint density at radius 3 is 2.28 bits per heavy atom. The Labute approximate surface area is 242 Å². The van der Waals surface area contributed by atoms with Crippen LogP contribution in [0.2, 0.25) is 0 Å². The van der Waals surface area contributed by atoms with Crippen LogP contribution in [0.4, 0.5) is 17.2 Å². The lowest BCUT2D eigenvalue weighted by Crippen LogP contribution is -2.17. The van der Waals surface area contributed by atoms with E-state index in [1.165, 1.54) is 23.0 Å². The van der Waals surface area contributed by atoms with Gasteiger partial charge >= 0.3 is 11.5 Å². The summed E-state index contributed by atoms with van der Waals surface area (Å²) in [5.74, 6) is -0.587. The Balaban J connectivity index is 1.42. The van der Waals surface area contributed by atoms with Gasteiger partial charge in [-0.05, 0) is 66.3 Å². The summed E-state index contributed by atoms with van der Waals surface area (Å²) in [6.07, 6.45) is 1.36. The van der Waals surface area contributed by atoms with Crippen LogP contribution in [0.3, 0.4) is 0 Å². The fourth-order valence-corrected chi connectivity index (χ4v) is 3.83. The molecule has 4 rings (SSSR count). The van der Waals surface area contributed by atoms with Gasteiger partial charge in [-0.15, -0.1) is 0 Å². The zero-order chi connectivity index (χ0) is 31.1. The van der Waals surface area contributed by atoms with Gasteiger partial charge in [0.05, 0.1) is 52.1 Å². The number of non-ortho nitro benzene ring substituents is 1. The van der Waals surface area contributed by atoms with Crippen molar-refractivity contribution in [3.05, 3.63) is 119 Å². The molecule has 16 nitrogen and oxygen atoms in total. The average Bonchev–Trinajstić information content (AvgIpc) is 3.34. The molecule has 0 unspecified atom stereocenters. The van der Waals surface area contributed by atoms with Crippen LogP contribution in [0.25, 0.3) is 0 Å². The van der Waals surface area contributed by atoms with Crippen molar-refractivity contribution in [3.8, 4) is 17.2 Å². The molecule has 16 heteroatoms. The van der Waals surface area contributed by atoms with Gasteiger partial charge in [-0.3, -0.25) is 25.0 Å². The quantitative estimate of drug-likeness (QED) is 0.134. The molecule has 3 aromatic carbocycles. The Kier molecular flexibility index (Phi) is 8.99. The minimum atomic E-state index is -0.783. The summed E-state index contributed by atoms with van der Waals surface area (Å²) >= 11 is 0. The summed E-state index contributed by atoms with van der Waals surface area (Å²) < 4.78 is 12.8. The number of hydrogen-bond donors (Lipinski definition) is 1. The Morgan fingerprint density at radius 1 is 0.930 bits per heavy atom. The molecule has 1 heterocycles. The van der Waals surface area contributed by atoms with E-state index in [-0.39, 0.29) is 29.7 Å². The summed E-state index contributed by atoms with van der Waals surface area (Å²) in [6, 6.07) is 15.6. The zero-order valence-electron chi connectivity index (χ0n) is 22.7. The number of nitrogens with zero attached hydrogens (tertiary/aromatic N) is 6. The lowest BCUT2D eigenvalue weighted by Gasteiger charge is -2.12. The van der Waals surface area contributed by atoms with Gasteiger partial charge in [-0.25, -0.2) is 5.43 Å². The van der Waals surface area contributed by atoms with Gasteiger partial charge in [-0.2, -0.15) is 9.78 Å². The number of ether oxygens (including phenoxy) is 2. The highest BCUT2D eigenvalue weighted by molar-refractivity contribution is 5.95. The molecule has 0 aliphatic heterocycles. The predicted molar refractivity (Wildman–Crippen MR) is 152 cm³/mol. The molecule has 0 fully saturated rings. The second-order valence-electron chi connectivity index (χ2n) is 8.86. The molecule has 0 radical (unpaired) electrons. The predicted octanol–water partition coefficient (Wildman–Crippen LogP) is 4.92. The van der Waals surface area contributed by atoms with Crippen molar-refractivity contribution >= 4 is 29.3 Å². The number of nitrogens with one attached hydrogen (secondary N) is 1. The molecule has 220 valence electrons. The van der Waals surface area contributed by atoms with E-state index in [0.29, 0.717) is 23.4 Å². The molecule has 1 aromatic heterocycles. The fourth-order valence-electron chi connectivity index (χ4n) is 3.83.